The van der Waals surface area contributed by atoms with Crippen molar-refractivity contribution in [3.63, 3.8) is 0 Å². The van der Waals surface area contributed by atoms with Gasteiger partial charge in [0.25, 0.3) is 5.91 Å². The molecule has 2 aromatic rings. The largest absolute Gasteiger partial charge is 0.496 e. The van der Waals surface area contributed by atoms with Crippen molar-refractivity contribution in [2.45, 2.75) is 13.0 Å². The summed E-state index contributed by atoms with van der Waals surface area (Å²) in [5, 5.41) is 2.86. The second-order valence-corrected chi connectivity index (χ2v) is 8.06. The zero-order chi connectivity index (χ0) is 20.0. The van der Waals surface area contributed by atoms with Gasteiger partial charge in [0.15, 0.2) is 6.61 Å². The Labute approximate surface area is 160 Å². The molecule has 0 aliphatic carbocycles. The number of carbonyl (C=O) groups is 1. The predicted octanol–water partition coefficient (Wildman–Crippen LogP) is 2.35. The SMILES string of the molecule is COc1ccccc1C(C)NC(=O)COc1ccc(N(C)S(C)(=O)=O)cc1. The lowest BCUT2D eigenvalue weighted by Gasteiger charge is -2.18. The van der Waals surface area contributed by atoms with Gasteiger partial charge in [0.2, 0.25) is 10.0 Å². The number of sulfonamides is 1. The van der Waals surface area contributed by atoms with Gasteiger partial charge >= 0.3 is 0 Å². The van der Waals surface area contributed by atoms with Crippen molar-refractivity contribution in [2.75, 3.05) is 31.3 Å². The maximum atomic E-state index is 12.1. The number of ether oxygens (including phenoxy) is 2. The Balaban J connectivity index is 1.92. The van der Waals surface area contributed by atoms with Crippen LogP contribution in [0.1, 0.15) is 18.5 Å². The summed E-state index contributed by atoms with van der Waals surface area (Å²) in [6.45, 7) is 1.71. The summed E-state index contributed by atoms with van der Waals surface area (Å²) in [5.41, 5.74) is 1.39. The first-order valence-corrected chi connectivity index (χ1v) is 10.2. The summed E-state index contributed by atoms with van der Waals surface area (Å²) in [7, 11) is -0.267. The van der Waals surface area contributed by atoms with Gasteiger partial charge in [0, 0.05) is 12.6 Å². The topological polar surface area (TPSA) is 84.9 Å². The van der Waals surface area contributed by atoms with E-state index in [1.165, 1.54) is 11.4 Å². The highest BCUT2D eigenvalue weighted by atomic mass is 32.2. The molecule has 0 aromatic heterocycles. The Bertz CT molecular complexity index is 881. The van der Waals surface area contributed by atoms with E-state index in [1.807, 2.05) is 31.2 Å². The Kier molecular flexibility index (Phi) is 6.68. The summed E-state index contributed by atoms with van der Waals surface area (Å²) < 4.78 is 35.0. The predicted molar refractivity (Wildman–Crippen MR) is 105 cm³/mol. The minimum absolute atomic E-state index is 0.152. The van der Waals surface area contributed by atoms with E-state index in [1.54, 1.807) is 31.4 Å². The van der Waals surface area contributed by atoms with Crippen LogP contribution in [0.5, 0.6) is 11.5 Å². The Hall–Kier alpha value is -2.74. The molecule has 0 fully saturated rings. The van der Waals surface area contributed by atoms with Gasteiger partial charge in [-0.05, 0) is 37.3 Å². The Morgan fingerprint density at radius 1 is 1.15 bits per heavy atom. The van der Waals surface area contributed by atoms with Crippen LogP contribution in [0.2, 0.25) is 0 Å². The van der Waals surface area contributed by atoms with Crippen molar-refractivity contribution >= 4 is 21.6 Å². The molecular formula is C19H24N2O5S. The van der Waals surface area contributed by atoms with Crippen molar-refractivity contribution in [1.29, 1.82) is 0 Å². The molecule has 27 heavy (non-hydrogen) atoms. The maximum Gasteiger partial charge on any atom is 0.258 e. The van der Waals surface area contributed by atoms with Gasteiger partial charge in [-0.2, -0.15) is 0 Å². The number of hydrogen-bond acceptors (Lipinski definition) is 5. The van der Waals surface area contributed by atoms with E-state index in [0.29, 0.717) is 17.2 Å². The molecule has 0 spiro atoms. The summed E-state index contributed by atoms with van der Waals surface area (Å²) in [5.74, 6) is 0.906. The Morgan fingerprint density at radius 3 is 2.37 bits per heavy atom. The molecule has 2 aromatic carbocycles. The number of para-hydroxylation sites is 1. The molecule has 8 heteroatoms. The zero-order valence-corrected chi connectivity index (χ0v) is 16.6. The molecule has 0 aliphatic rings. The molecule has 0 heterocycles. The molecule has 7 nitrogen and oxygen atoms in total. The minimum atomic E-state index is -3.32. The van der Waals surface area contributed by atoms with Crippen LogP contribution in [-0.2, 0) is 14.8 Å². The second kappa shape index (κ2) is 8.77. The van der Waals surface area contributed by atoms with E-state index in [-0.39, 0.29) is 18.6 Å². The number of nitrogens with one attached hydrogen (secondary N) is 1. The fourth-order valence-corrected chi connectivity index (χ4v) is 2.98. The molecule has 1 unspecified atom stereocenters. The lowest BCUT2D eigenvalue weighted by Crippen LogP contribution is -2.31. The highest BCUT2D eigenvalue weighted by Crippen LogP contribution is 2.24. The first-order chi connectivity index (χ1) is 12.7. The van der Waals surface area contributed by atoms with Crippen LogP contribution in [0.25, 0.3) is 0 Å². The molecule has 0 saturated heterocycles. The minimum Gasteiger partial charge on any atom is -0.496 e. The lowest BCUT2D eigenvalue weighted by atomic mass is 10.1. The number of amides is 1. The van der Waals surface area contributed by atoms with E-state index in [9.17, 15) is 13.2 Å². The van der Waals surface area contributed by atoms with E-state index in [2.05, 4.69) is 5.32 Å². The molecule has 2 rings (SSSR count). The number of anilines is 1. The molecule has 0 saturated carbocycles. The number of nitrogens with zero attached hydrogens (tertiary/aromatic N) is 1. The van der Waals surface area contributed by atoms with Crippen molar-refractivity contribution < 1.29 is 22.7 Å². The first-order valence-electron chi connectivity index (χ1n) is 8.31. The summed E-state index contributed by atoms with van der Waals surface area (Å²) in [4.78, 5) is 12.1. The van der Waals surface area contributed by atoms with E-state index < -0.39 is 10.0 Å². The molecule has 0 aliphatic heterocycles. The smallest absolute Gasteiger partial charge is 0.258 e. The zero-order valence-electron chi connectivity index (χ0n) is 15.8. The van der Waals surface area contributed by atoms with Gasteiger partial charge in [-0.1, -0.05) is 18.2 Å². The highest BCUT2D eigenvalue weighted by molar-refractivity contribution is 7.92. The van der Waals surface area contributed by atoms with E-state index in [0.717, 1.165) is 11.8 Å². The Morgan fingerprint density at radius 2 is 1.78 bits per heavy atom. The highest BCUT2D eigenvalue weighted by Gasteiger charge is 2.14. The number of methoxy groups -OCH3 is 1. The third-order valence-corrected chi connectivity index (χ3v) is 5.26. The third kappa shape index (κ3) is 5.62. The molecule has 1 N–H and O–H groups in total. The fourth-order valence-electron chi connectivity index (χ4n) is 2.48. The molecule has 1 amide bonds. The lowest BCUT2D eigenvalue weighted by molar-refractivity contribution is -0.123. The van der Waals surface area contributed by atoms with Gasteiger partial charge in [-0.15, -0.1) is 0 Å². The van der Waals surface area contributed by atoms with Gasteiger partial charge in [0.1, 0.15) is 11.5 Å². The van der Waals surface area contributed by atoms with Gasteiger partial charge in [0.05, 0.1) is 25.1 Å². The van der Waals surface area contributed by atoms with Crippen LogP contribution in [0.15, 0.2) is 48.5 Å². The van der Waals surface area contributed by atoms with E-state index >= 15 is 0 Å². The van der Waals surface area contributed by atoms with Crippen LogP contribution in [0, 0.1) is 0 Å². The van der Waals surface area contributed by atoms with Crippen LogP contribution < -0.4 is 19.1 Å². The number of carbonyl (C=O) groups excluding carboxylic acids is 1. The summed E-state index contributed by atoms with van der Waals surface area (Å²) in [6, 6.07) is 13.7. The summed E-state index contributed by atoms with van der Waals surface area (Å²) >= 11 is 0. The van der Waals surface area contributed by atoms with Crippen LogP contribution in [0.3, 0.4) is 0 Å². The van der Waals surface area contributed by atoms with Gasteiger partial charge in [-0.25, -0.2) is 8.42 Å². The molecule has 1 atom stereocenters. The van der Waals surface area contributed by atoms with Crippen molar-refractivity contribution in [3.05, 3.63) is 54.1 Å². The normalized spacial score (nSPS) is 12.1. The van der Waals surface area contributed by atoms with Crippen molar-refractivity contribution in [2.24, 2.45) is 0 Å². The van der Waals surface area contributed by atoms with Crippen LogP contribution in [-0.4, -0.2) is 41.3 Å². The molecule has 0 radical (unpaired) electrons. The van der Waals surface area contributed by atoms with Crippen LogP contribution >= 0.6 is 0 Å². The van der Waals surface area contributed by atoms with Crippen molar-refractivity contribution in [1.82, 2.24) is 5.32 Å². The molecule has 0 bridgehead atoms. The van der Waals surface area contributed by atoms with E-state index in [4.69, 9.17) is 9.47 Å². The monoisotopic (exact) mass is 392 g/mol. The summed E-state index contributed by atoms with van der Waals surface area (Å²) in [6.07, 6.45) is 1.13. The third-order valence-electron chi connectivity index (χ3n) is 4.05. The fraction of sp³-hybridized carbons (Fsp3) is 0.316. The standard InChI is InChI=1S/C19H24N2O5S/c1-14(17-7-5-6-8-18(17)25-3)20-19(22)13-26-16-11-9-15(10-12-16)21(2)27(4,23)24/h5-12,14H,13H2,1-4H3,(H,20,22). The average molecular weight is 392 g/mol. The van der Waals surface area contributed by atoms with Gasteiger partial charge in [-0.3, -0.25) is 9.10 Å². The number of hydrogen-bond donors (Lipinski definition) is 1. The van der Waals surface area contributed by atoms with Crippen LogP contribution in [0.4, 0.5) is 5.69 Å². The molecule has 146 valence electrons. The average Bonchev–Trinajstić information content (AvgIpc) is 2.65. The van der Waals surface area contributed by atoms with Crippen molar-refractivity contribution in [3.8, 4) is 11.5 Å². The maximum absolute atomic E-state index is 12.1. The quantitative estimate of drug-likeness (QED) is 0.745. The second-order valence-electron chi connectivity index (χ2n) is 6.04. The van der Waals surface area contributed by atoms with Gasteiger partial charge < -0.3 is 14.8 Å². The molecular weight excluding hydrogens is 368 g/mol. The number of rotatable bonds is 8. The number of benzene rings is 2. The first kappa shape index (κ1) is 20.6.